The molecule has 2 heteroatoms. The second-order valence-electron chi connectivity index (χ2n) is 4.90. The second-order valence-corrected chi connectivity index (χ2v) is 4.90. The van der Waals surface area contributed by atoms with Crippen LogP contribution in [0.2, 0.25) is 0 Å². The number of Topliss-reactive ketones (excluding diaryl/α,β-unsaturated/α-hetero) is 1. The van der Waals surface area contributed by atoms with Crippen LogP contribution in [0.25, 0.3) is 0 Å². The Morgan fingerprint density at radius 2 is 2.25 bits per heavy atom. The molecule has 2 nitrogen and oxygen atoms in total. The quantitative estimate of drug-likeness (QED) is 0.726. The number of carbonyl (C=O) groups is 1. The first-order valence-electron chi connectivity index (χ1n) is 6.16. The van der Waals surface area contributed by atoms with Gasteiger partial charge in [0.05, 0.1) is 0 Å². The lowest BCUT2D eigenvalue weighted by Gasteiger charge is -2.09. The van der Waals surface area contributed by atoms with Crippen LogP contribution in [-0.2, 0) is 0 Å². The summed E-state index contributed by atoms with van der Waals surface area (Å²) in [5, 5.41) is 0. The van der Waals surface area contributed by atoms with E-state index in [-0.39, 0.29) is 5.92 Å². The van der Waals surface area contributed by atoms with Gasteiger partial charge in [-0.15, -0.1) is 0 Å². The van der Waals surface area contributed by atoms with E-state index < -0.39 is 0 Å². The number of hydrogen-bond donors (Lipinski definition) is 0. The van der Waals surface area contributed by atoms with Crippen molar-refractivity contribution in [3.8, 4) is 0 Å². The van der Waals surface area contributed by atoms with Crippen LogP contribution in [0.5, 0.6) is 0 Å². The van der Waals surface area contributed by atoms with Crippen LogP contribution in [0, 0.1) is 18.8 Å². The van der Waals surface area contributed by atoms with Gasteiger partial charge < -0.3 is 0 Å². The van der Waals surface area contributed by atoms with Gasteiger partial charge in [0.15, 0.2) is 5.78 Å². The van der Waals surface area contributed by atoms with Crippen LogP contribution in [-0.4, -0.2) is 10.8 Å². The normalized spacial score (nSPS) is 24.6. The van der Waals surface area contributed by atoms with Crippen LogP contribution >= 0.6 is 0 Å². The van der Waals surface area contributed by atoms with Crippen molar-refractivity contribution < 1.29 is 4.79 Å². The van der Waals surface area contributed by atoms with E-state index in [9.17, 15) is 4.79 Å². The van der Waals surface area contributed by atoms with E-state index in [1.165, 1.54) is 12.8 Å². The average Bonchev–Trinajstić information content (AvgIpc) is 2.76. The molecular formula is C14H19NO. The Morgan fingerprint density at radius 1 is 1.44 bits per heavy atom. The van der Waals surface area contributed by atoms with Crippen LogP contribution in [0.1, 0.15) is 48.5 Å². The predicted molar refractivity (Wildman–Crippen MR) is 64.4 cm³/mol. The molecule has 0 radical (unpaired) electrons. The smallest absolute Gasteiger partial charge is 0.167 e. The van der Waals surface area contributed by atoms with Crippen LogP contribution < -0.4 is 0 Å². The number of carbonyl (C=O) groups excluding carboxylic acids is 1. The molecule has 2 rings (SSSR count). The number of hydrogen-bond acceptors (Lipinski definition) is 2. The van der Waals surface area contributed by atoms with E-state index in [1.54, 1.807) is 12.4 Å². The van der Waals surface area contributed by atoms with E-state index in [4.69, 9.17) is 0 Å². The molecule has 86 valence electrons. The summed E-state index contributed by atoms with van der Waals surface area (Å²) < 4.78 is 0. The standard InChI is InChI=1S/C14H19NO/c1-3-11-4-5-12(7-11)14(16)13-6-10(2)8-15-9-13/h6,8-9,11-12H,3-5,7H2,1-2H3. The highest BCUT2D eigenvalue weighted by atomic mass is 16.1. The minimum absolute atomic E-state index is 0.244. The molecule has 0 saturated heterocycles. The number of ketones is 1. The third kappa shape index (κ3) is 2.31. The fourth-order valence-electron chi connectivity index (χ4n) is 2.61. The van der Waals surface area contributed by atoms with Gasteiger partial charge in [0, 0.05) is 23.9 Å². The summed E-state index contributed by atoms with van der Waals surface area (Å²) in [6, 6.07) is 1.95. The molecule has 1 heterocycles. The number of aryl methyl sites for hydroxylation is 1. The van der Waals surface area contributed by atoms with Crippen LogP contribution in [0.15, 0.2) is 18.5 Å². The van der Waals surface area contributed by atoms with Crippen molar-refractivity contribution in [2.24, 2.45) is 11.8 Å². The van der Waals surface area contributed by atoms with Crippen LogP contribution in [0.4, 0.5) is 0 Å². The third-order valence-corrected chi connectivity index (χ3v) is 3.65. The zero-order chi connectivity index (χ0) is 11.5. The van der Waals surface area contributed by atoms with E-state index >= 15 is 0 Å². The second kappa shape index (κ2) is 4.77. The zero-order valence-corrected chi connectivity index (χ0v) is 10.1. The molecule has 0 amide bonds. The Kier molecular flexibility index (Phi) is 3.37. The molecule has 1 aromatic heterocycles. The van der Waals surface area contributed by atoms with Crippen LogP contribution in [0.3, 0.4) is 0 Å². The highest BCUT2D eigenvalue weighted by Crippen LogP contribution is 2.34. The van der Waals surface area contributed by atoms with Gasteiger partial charge in [-0.25, -0.2) is 0 Å². The minimum Gasteiger partial charge on any atom is -0.294 e. The highest BCUT2D eigenvalue weighted by Gasteiger charge is 2.29. The third-order valence-electron chi connectivity index (χ3n) is 3.65. The number of aromatic nitrogens is 1. The lowest BCUT2D eigenvalue weighted by molar-refractivity contribution is 0.0919. The van der Waals surface area contributed by atoms with Gasteiger partial charge in [-0.2, -0.15) is 0 Å². The van der Waals surface area contributed by atoms with E-state index in [0.29, 0.717) is 5.78 Å². The van der Waals surface area contributed by atoms with Gasteiger partial charge in [-0.05, 0) is 43.7 Å². The van der Waals surface area contributed by atoms with Gasteiger partial charge >= 0.3 is 0 Å². The molecule has 1 saturated carbocycles. The summed E-state index contributed by atoms with van der Waals surface area (Å²) in [5.41, 5.74) is 1.86. The Balaban J connectivity index is 2.08. The average molecular weight is 217 g/mol. The first-order chi connectivity index (χ1) is 7.70. The monoisotopic (exact) mass is 217 g/mol. The van der Waals surface area contributed by atoms with E-state index in [2.05, 4.69) is 11.9 Å². The summed E-state index contributed by atoms with van der Waals surface area (Å²) >= 11 is 0. The molecule has 2 unspecified atom stereocenters. The Hall–Kier alpha value is -1.18. The molecule has 0 aromatic carbocycles. The molecular weight excluding hydrogens is 198 g/mol. The molecule has 2 atom stereocenters. The summed E-state index contributed by atoms with van der Waals surface area (Å²) in [6.07, 6.45) is 8.05. The maximum Gasteiger partial charge on any atom is 0.167 e. The summed E-state index contributed by atoms with van der Waals surface area (Å²) in [7, 11) is 0. The van der Waals surface area contributed by atoms with E-state index in [0.717, 1.165) is 29.9 Å². The summed E-state index contributed by atoms with van der Waals surface area (Å²) in [4.78, 5) is 16.3. The molecule has 0 aliphatic heterocycles. The predicted octanol–water partition coefficient (Wildman–Crippen LogP) is 3.40. The van der Waals surface area contributed by atoms with Crippen molar-refractivity contribution in [1.29, 1.82) is 0 Å². The Morgan fingerprint density at radius 3 is 2.88 bits per heavy atom. The first kappa shape index (κ1) is 11.3. The van der Waals surface area contributed by atoms with Gasteiger partial charge in [-0.1, -0.05) is 13.3 Å². The maximum atomic E-state index is 12.2. The largest absolute Gasteiger partial charge is 0.294 e. The molecule has 1 aliphatic carbocycles. The zero-order valence-electron chi connectivity index (χ0n) is 10.1. The van der Waals surface area contributed by atoms with Crippen molar-refractivity contribution in [2.75, 3.05) is 0 Å². The number of rotatable bonds is 3. The molecule has 0 spiro atoms. The summed E-state index contributed by atoms with van der Waals surface area (Å²) in [6.45, 7) is 4.19. The van der Waals surface area contributed by atoms with Crippen molar-refractivity contribution in [3.05, 3.63) is 29.6 Å². The lowest BCUT2D eigenvalue weighted by Crippen LogP contribution is -2.12. The van der Waals surface area contributed by atoms with Crippen molar-refractivity contribution in [3.63, 3.8) is 0 Å². The van der Waals surface area contributed by atoms with Crippen molar-refractivity contribution in [1.82, 2.24) is 4.98 Å². The molecule has 16 heavy (non-hydrogen) atoms. The Bertz CT molecular complexity index is 386. The number of nitrogens with zero attached hydrogens (tertiary/aromatic N) is 1. The van der Waals surface area contributed by atoms with E-state index in [1.807, 2.05) is 13.0 Å². The SMILES string of the molecule is CCC1CCC(C(=O)c2cncc(C)c2)C1. The molecule has 1 aromatic rings. The minimum atomic E-state index is 0.244. The molecule has 1 fully saturated rings. The molecule has 0 N–H and O–H groups in total. The fraction of sp³-hybridized carbons (Fsp3) is 0.571. The van der Waals surface area contributed by atoms with Gasteiger partial charge in [0.25, 0.3) is 0 Å². The molecule has 1 aliphatic rings. The Labute approximate surface area is 97.1 Å². The topological polar surface area (TPSA) is 30.0 Å². The van der Waals surface area contributed by atoms with Gasteiger partial charge in [0.2, 0.25) is 0 Å². The highest BCUT2D eigenvalue weighted by molar-refractivity contribution is 5.97. The maximum absolute atomic E-state index is 12.2. The van der Waals surface area contributed by atoms with Crippen molar-refractivity contribution >= 4 is 5.78 Å². The number of pyridine rings is 1. The van der Waals surface area contributed by atoms with Gasteiger partial charge in [0.1, 0.15) is 0 Å². The summed E-state index contributed by atoms with van der Waals surface area (Å²) in [5.74, 6) is 1.30. The first-order valence-corrected chi connectivity index (χ1v) is 6.16. The fourth-order valence-corrected chi connectivity index (χ4v) is 2.61. The van der Waals surface area contributed by atoms with Gasteiger partial charge in [-0.3, -0.25) is 9.78 Å². The molecule has 0 bridgehead atoms. The van der Waals surface area contributed by atoms with Crippen molar-refractivity contribution in [2.45, 2.75) is 39.5 Å². The lowest BCUT2D eigenvalue weighted by atomic mass is 9.95.